The molecular formula is C29H27FN4O3. The van der Waals surface area contributed by atoms with Crippen molar-refractivity contribution in [2.75, 3.05) is 18.0 Å². The van der Waals surface area contributed by atoms with E-state index in [1.807, 2.05) is 19.9 Å². The van der Waals surface area contributed by atoms with Gasteiger partial charge in [0.2, 0.25) is 0 Å². The van der Waals surface area contributed by atoms with Crippen molar-refractivity contribution in [3.8, 4) is 34.4 Å². The number of benzene rings is 2. The van der Waals surface area contributed by atoms with Gasteiger partial charge in [-0.25, -0.2) is 4.39 Å². The maximum Gasteiger partial charge on any atom is 0.324 e. The predicted molar refractivity (Wildman–Crippen MR) is 138 cm³/mol. The Bertz CT molecular complexity index is 1550. The average molecular weight is 499 g/mol. The number of aryl methyl sites for hydroxylation is 1. The number of phenols is 1. The number of hydrogen-bond donors (Lipinski definition) is 2. The van der Waals surface area contributed by atoms with Crippen molar-refractivity contribution in [3.63, 3.8) is 0 Å². The third kappa shape index (κ3) is 3.43. The van der Waals surface area contributed by atoms with Gasteiger partial charge in [0.05, 0.1) is 11.3 Å². The molecule has 2 unspecified atom stereocenters. The lowest BCUT2D eigenvalue weighted by Crippen LogP contribution is -2.46. The zero-order chi connectivity index (χ0) is 25.6. The summed E-state index contributed by atoms with van der Waals surface area (Å²) in [5.41, 5.74) is 12.4. The first kappa shape index (κ1) is 22.3. The van der Waals surface area contributed by atoms with E-state index in [4.69, 9.17) is 25.2 Å². The maximum atomic E-state index is 14.5. The number of nitrogens with two attached hydrogens (primary N) is 1. The van der Waals surface area contributed by atoms with E-state index in [0.717, 1.165) is 58.8 Å². The van der Waals surface area contributed by atoms with Gasteiger partial charge in [0.15, 0.2) is 0 Å². The minimum absolute atomic E-state index is 0.00115. The molecule has 8 heteroatoms. The van der Waals surface area contributed by atoms with E-state index in [0.29, 0.717) is 41.1 Å². The molecule has 0 radical (unpaired) electrons. The van der Waals surface area contributed by atoms with Gasteiger partial charge in [-0.05, 0) is 72.6 Å². The lowest BCUT2D eigenvalue weighted by atomic mass is 9.72. The highest BCUT2D eigenvalue weighted by Crippen LogP contribution is 2.49. The van der Waals surface area contributed by atoms with Crippen molar-refractivity contribution < 1.29 is 19.0 Å². The first-order chi connectivity index (χ1) is 17.7. The van der Waals surface area contributed by atoms with Gasteiger partial charge in [-0.15, -0.1) is 0 Å². The predicted octanol–water partition coefficient (Wildman–Crippen LogP) is 5.09. The smallest absolute Gasteiger partial charge is 0.324 e. The van der Waals surface area contributed by atoms with Crippen molar-refractivity contribution in [2.24, 2.45) is 17.6 Å². The summed E-state index contributed by atoms with van der Waals surface area (Å²) in [6.45, 7) is 9.38. The molecule has 3 atom stereocenters. The molecule has 3 heterocycles. The average Bonchev–Trinajstić information content (AvgIpc) is 3.35. The molecule has 37 heavy (non-hydrogen) atoms. The fourth-order valence-electron chi connectivity index (χ4n) is 6.39. The molecule has 7 nitrogen and oxygen atoms in total. The van der Waals surface area contributed by atoms with Crippen LogP contribution in [0.3, 0.4) is 0 Å². The Hall–Kier alpha value is -3.91. The Balaban J connectivity index is 1.35. The number of aromatic nitrogens is 2. The summed E-state index contributed by atoms with van der Waals surface area (Å²) >= 11 is 0. The second-order valence-corrected chi connectivity index (χ2v) is 10.6. The molecule has 7 rings (SSSR count). The highest BCUT2D eigenvalue weighted by molar-refractivity contribution is 5.86. The topological polar surface area (TPSA) is 93.7 Å². The Labute approximate surface area is 214 Å². The molecule has 2 aromatic carbocycles. The van der Waals surface area contributed by atoms with Crippen LogP contribution in [0, 0.1) is 24.6 Å². The van der Waals surface area contributed by atoms with Crippen LogP contribution in [0.2, 0.25) is 0 Å². The Morgan fingerprint density at radius 3 is 2.78 bits per heavy atom. The molecule has 1 saturated carbocycles. The molecule has 3 N–H and O–H groups in total. The number of phenolic OH excluding ortho intramolecular Hbond substituents is 1. The highest BCUT2D eigenvalue weighted by atomic mass is 19.1. The summed E-state index contributed by atoms with van der Waals surface area (Å²) in [7, 11) is 0. The molecule has 4 aliphatic rings. The van der Waals surface area contributed by atoms with Crippen LogP contribution >= 0.6 is 0 Å². The number of nitrogens with zero attached hydrogens (tertiary/aromatic N) is 3. The van der Waals surface area contributed by atoms with Crippen LogP contribution in [0.15, 0.2) is 42.7 Å². The van der Waals surface area contributed by atoms with Crippen LogP contribution in [0.1, 0.15) is 35.7 Å². The molecule has 1 saturated heterocycles. The van der Waals surface area contributed by atoms with Crippen molar-refractivity contribution in [1.82, 2.24) is 9.97 Å². The van der Waals surface area contributed by atoms with Crippen LogP contribution < -0.4 is 20.1 Å². The Kier molecular flexibility index (Phi) is 4.70. The monoisotopic (exact) mass is 498 g/mol. The molecule has 2 aliphatic carbocycles. The van der Waals surface area contributed by atoms with Crippen LogP contribution in [-0.4, -0.2) is 34.2 Å². The van der Waals surface area contributed by atoms with E-state index >= 15 is 0 Å². The summed E-state index contributed by atoms with van der Waals surface area (Å²) in [4.78, 5) is 11.9. The Morgan fingerprint density at radius 2 is 2.00 bits per heavy atom. The van der Waals surface area contributed by atoms with Crippen molar-refractivity contribution >= 4 is 11.4 Å². The van der Waals surface area contributed by atoms with Crippen molar-refractivity contribution in [2.45, 2.75) is 32.7 Å². The zero-order valence-electron chi connectivity index (χ0n) is 20.7. The molecule has 1 aromatic heterocycles. The summed E-state index contributed by atoms with van der Waals surface area (Å²) < 4.78 is 26.5. The first-order valence-electron chi connectivity index (χ1n) is 12.6. The maximum absolute atomic E-state index is 14.5. The molecule has 0 amide bonds. The third-order valence-corrected chi connectivity index (χ3v) is 8.18. The van der Waals surface area contributed by atoms with E-state index in [-0.39, 0.29) is 23.6 Å². The minimum atomic E-state index is -0.269. The van der Waals surface area contributed by atoms with Crippen molar-refractivity contribution in [1.29, 1.82) is 0 Å². The number of fused-ring (bicyclic) bond motifs is 5. The molecule has 2 aliphatic heterocycles. The van der Waals surface area contributed by atoms with Gasteiger partial charge in [-0.1, -0.05) is 6.58 Å². The van der Waals surface area contributed by atoms with Crippen LogP contribution in [-0.2, 0) is 6.42 Å². The van der Waals surface area contributed by atoms with E-state index in [2.05, 4.69) is 11.5 Å². The molecule has 0 spiro atoms. The molecule has 3 aromatic rings. The van der Waals surface area contributed by atoms with E-state index in [1.165, 1.54) is 12.1 Å². The quantitative estimate of drug-likeness (QED) is 0.407. The standard InChI is InChI=1S/C29H27FN4O3/c1-13-5-17(30)7-20-19(13)10-23-27(20)28(34-11-16-6-22(31)21(16)12-34)33-29(32-23)37-25-9-18(35)8-24-26(25)14(2)4-15(3)36-24/h4-5,7-9,16,21-22,35H,3,6,10-12,31H2,1-2H3/t16?,21?,22-/m1/s1. The van der Waals surface area contributed by atoms with Gasteiger partial charge in [0, 0.05) is 43.2 Å². The second-order valence-electron chi connectivity index (χ2n) is 10.6. The van der Waals surface area contributed by atoms with Gasteiger partial charge >= 0.3 is 6.01 Å². The van der Waals surface area contributed by atoms with Gasteiger partial charge in [-0.2, -0.15) is 9.97 Å². The summed E-state index contributed by atoms with van der Waals surface area (Å²) in [6, 6.07) is 6.60. The van der Waals surface area contributed by atoms with Gasteiger partial charge < -0.3 is 25.2 Å². The summed E-state index contributed by atoms with van der Waals surface area (Å²) in [6.07, 6.45) is 3.40. The summed E-state index contributed by atoms with van der Waals surface area (Å²) in [5.74, 6) is 2.79. The molecular weight excluding hydrogens is 471 g/mol. The van der Waals surface area contributed by atoms with Crippen LogP contribution in [0.4, 0.5) is 10.2 Å². The number of hydrogen-bond acceptors (Lipinski definition) is 7. The van der Waals surface area contributed by atoms with Gasteiger partial charge in [0.25, 0.3) is 0 Å². The minimum Gasteiger partial charge on any atom is -0.508 e. The number of ether oxygens (including phenoxy) is 2. The SMILES string of the molecule is C=C1C=C(C)c2c(cc(O)cc2Oc2nc3c(c(N4CC5C[C@@H](N)C5C4)n2)-c2cc(F)cc(C)c2C3)O1. The van der Waals surface area contributed by atoms with E-state index in [1.54, 1.807) is 12.1 Å². The molecule has 2 fully saturated rings. The fourth-order valence-corrected chi connectivity index (χ4v) is 6.39. The molecule has 188 valence electrons. The largest absolute Gasteiger partial charge is 0.508 e. The summed E-state index contributed by atoms with van der Waals surface area (Å²) in [5, 5.41) is 10.4. The highest BCUT2D eigenvalue weighted by Gasteiger charge is 2.46. The second kappa shape index (κ2) is 7.79. The van der Waals surface area contributed by atoms with Crippen molar-refractivity contribution in [3.05, 3.63) is 70.9 Å². The first-order valence-corrected chi connectivity index (χ1v) is 12.6. The molecule has 0 bridgehead atoms. The lowest BCUT2D eigenvalue weighted by Gasteiger charge is -2.36. The van der Waals surface area contributed by atoms with E-state index < -0.39 is 0 Å². The van der Waals surface area contributed by atoms with Gasteiger partial charge in [-0.3, -0.25) is 0 Å². The zero-order valence-corrected chi connectivity index (χ0v) is 20.7. The number of aromatic hydroxyl groups is 1. The van der Waals surface area contributed by atoms with Gasteiger partial charge in [0.1, 0.15) is 34.6 Å². The third-order valence-electron chi connectivity index (χ3n) is 8.18. The number of halogens is 1. The normalized spacial score (nSPS) is 22.9. The van der Waals surface area contributed by atoms with Crippen LogP contribution in [0.25, 0.3) is 16.7 Å². The fraction of sp³-hybridized carbons (Fsp3) is 0.310. The van der Waals surface area contributed by atoms with Crippen LogP contribution in [0.5, 0.6) is 23.3 Å². The van der Waals surface area contributed by atoms with E-state index in [9.17, 15) is 9.50 Å². The Morgan fingerprint density at radius 1 is 1.16 bits per heavy atom. The number of rotatable bonds is 3. The lowest BCUT2D eigenvalue weighted by molar-refractivity contribution is 0.194. The number of anilines is 1. The number of allylic oxidation sites excluding steroid dienone is 2.